The number of hydrogen-bond donors (Lipinski definition) is 1. The van der Waals surface area contributed by atoms with Crippen LogP contribution >= 0.6 is 0 Å². The molecular formula is C25H29N5. The van der Waals surface area contributed by atoms with Gasteiger partial charge in [-0.25, -0.2) is 9.97 Å². The van der Waals surface area contributed by atoms with E-state index in [9.17, 15) is 0 Å². The largest absolute Gasteiger partial charge is 0.373 e. The summed E-state index contributed by atoms with van der Waals surface area (Å²) in [4.78, 5) is 10.6. The van der Waals surface area contributed by atoms with E-state index in [0.717, 1.165) is 29.0 Å². The SMILES string of the molecule is C=Cc1ccc(CN(C)C)cc1.CNc1cc2cc(-c3cncn3C)ccc2cn1. The molecule has 0 saturated heterocycles. The van der Waals surface area contributed by atoms with Gasteiger partial charge in [-0.05, 0) is 42.7 Å². The van der Waals surface area contributed by atoms with Crippen LogP contribution < -0.4 is 5.32 Å². The van der Waals surface area contributed by atoms with Crippen molar-refractivity contribution in [2.75, 3.05) is 26.5 Å². The first-order valence-corrected chi connectivity index (χ1v) is 9.90. The van der Waals surface area contributed by atoms with Crippen molar-refractivity contribution in [1.29, 1.82) is 0 Å². The molecule has 5 heteroatoms. The third-order valence-electron chi connectivity index (χ3n) is 4.80. The van der Waals surface area contributed by atoms with Crippen LogP contribution in [0.4, 0.5) is 5.82 Å². The van der Waals surface area contributed by atoms with Crippen molar-refractivity contribution in [3.63, 3.8) is 0 Å². The van der Waals surface area contributed by atoms with Gasteiger partial charge < -0.3 is 14.8 Å². The highest BCUT2D eigenvalue weighted by atomic mass is 15.0. The lowest BCUT2D eigenvalue weighted by Gasteiger charge is -2.09. The molecule has 0 aliphatic rings. The minimum absolute atomic E-state index is 0.879. The average molecular weight is 400 g/mol. The summed E-state index contributed by atoms with van der Waals surface area (Å²) in [5.74, 6) is 0.879. The van der Waals surface area contributed by atoms with Crippen LogP contribution in [0, 0.1) is 0 Å². The predicted octanol–water partition coefficient (Wildman–Crippen LogP) is 5.07. The quantitative estimate of drug-likeness (QED) is 0.509. The predicted molar refractivity (Wildman–Crippen MR) is 127 cm³/mol. The van der Waals surface area contributed by atoms with Gasteiger partial charge in [0.15, 0.2) is 0 Å². The first-order valence-electron chi connectivity index (χ1n) is 9.90. The third kappa shape index (κ3) is 5.33. The number of imidazole rings is 1. The molecule has 2 aromatic carbocycles. The second-order valence-corrected chi connectivity index (χ2v) is 7.45. The van der Waals surface area contributed by atoms with Crippen LogP contribution in [0.15, 0.2) is 73.8 Å². The molecule has 30 heavy (non-hydrogen) atoms. The number of nitrogens with one attached hydrogen (secondary N) is 1. The van der Waals surface area contributed by atoms with Crippen molar-refractivity contribution in [2.45, 2.75) is 6.54 Å². The number of pyridine rings is 1. The number of benzene rings is 2. The van der Waals surface area contributed by atoms with Gasteiger partial charge in [-0.15, -0.1) is 0 Å². The zero-order chi connectivity index (χ0) is 21.5. The van der Waals surface area contributed by atoms with E-state index in [1.807, 2.05) is 43.5 Å². The summed E-state index contributed by atoms with van der Waals surface area (Å²) in [5, 5.41) is 5.37. The molecule has 0 saturated carbocycles. The smallest absolute Gasteiger partial charge is 0.126 e. The third-order valence-corrected chi connectivity index (χ3v) is 4.80. The highest BCUT2D eigenvalue weighted by Gasteiger charge is 2.04. The standard InChI is InChI=1S/C14H14N4.C11H15N/c1-15-14-6-12-5-10(3-4-11(12)7-17-14)13-8-16-9-18(13)2;1-4-10-5-7-11(8-6-10)9-12(2)3/h3-9H,1-2H3,(H,15,17);4-8H,1,9H2,2-3H3. The first-order chi connectivity index (χ1) is 14.5. The summed E-state index contributed by atoms with van der Waals surface area (Å²) in [5.41, 5.74) is 4.79. The molecule has 0 aliphatic carbocycles. The van der Waals surface area contributed by atoms with Crippen LogP contribution in [0.5, 0.6) is 0 Å². The summed E-state index contributed by atoms with van der Waals surface area (Å²) >= 11 is 0. The minimum atomic E-state index is 0.879. The van der Waals surface area contributed by atoms with Gasteiger partial charge in [-0.1, -0.05) is 49.1 Å². The van der Waals surface area contributed by atoms with Crippen LogP contribution in [0.25, 0.3) is 28.1 Å². The number of aryl methyl sites for hydroxylation is 1. The zero-order valence-corrected chi connectivity index (χ0v) is 18.1. The Morgan fingerprint density at radius 1 is 1.03 bits per heavy atom. The van der Waals surface area contributed by atoms with Crippen molar-refractivity contribution in [2.24, 2.45) is 7.05 Å². The summed E-state index contributed by atoms with van der Waals surface area (Å²) in [6, 6.07) is 16.8. The maximum Gasteiger partial charge on any atom is 0.126 e. The second kappa shape index (κ2) is 9.85. The molecular weight excluding hydrogens is 370 g/mol. The molecule has 4 aromatic rings. The lowest BCUT2D eigenvalue weighted by atomic mass is 10.1. The number of rotatable bonds is 5. The topological polar surface area (TPSA) is 46.0 Å². The van der Waals surface area contributed by atoms with E-state index >= 15 is 0 Å². The molecule has 0 radical (unpaired) electrons. The summed E-state index contributed by atoms with van der Waals surface area (Å²) in [6.45, 7) is 4.71. The highest BCUT2D eigenvalue weighted by molar-refractivity contribution is 5.87. The van der Waals surface area contributed by atoms with Crippen molar-refractivity contribution >= 4 is 22.7 Å². The van der Waals surface area contributed by atoms with E-state index in [0.29, 0.717) is 0 Å². The molecule has 0 bridgehead atoms. The summed E-state index contributed by atoms with van der Waals surface area (Å²) < 4.78 is 2.02. The van der Waals surface area contributed by atoms with Gasteiger partial charge in [0, 0.05) is 37.8 Å². The normalized spacial score (nSPS) is 10.6. The Labute approximate surface area is 178 Å². The molecule has 5 nitrogen and oxygen atoms in total. The number of anilines is 1. The fourth-order valence-electron chi connectivity index (χ4n) is 3.20. The lowest BCUT2D eigenvalue weighted by molar-refractivity contribution is 0.402. The van der Waals surface area contributed by atoms with Crippen molar-refractivity contribution < 1.29 is 0 Å². The molecule has 4 rings (SSSR count). The van der Waals surface area contributed by atoms with Crippen LogP contribution in [0.1, 0.15) is 11.1 Å². The fraction of sp³-hybridized carbons (Fsp3) is 0.200. The summed E-state index contributed by atoms with van der Waals surface area (Å²) in [6.07, 6.45) is 7.43. The summed E-state index contributed by atoms with van der Waals surface area (Å²) in [7, 11) is 8.01. The van der Waals surface area contributed by atoms with E-state index in [1.54, 1.807) is 0 Å². The van der Waals surface area contributed by atoms with E-state index in [-0.39, 0.29) is 0 Å². The molecule has 154 valence electrons. The lowest BCUT2D eigenvalue weighted by Crippen LogP contribution is -2.10. The molecule has 2 heterocycles. The number of nitrogens with zero attached hydrogens (tertiary/aromatic N) is 4. The van der Waals surface area contributed by atoms with Gasteiger partial charge >= 0.3 is 0 Å². The molecule has 0 spiro atoms. The molecule has 0 aliphatic heterocycles. The monoisotopic (exact) mass is 399 g/mol. The minimum Gasteiger partial charge on any atom is -0.373 e. The van der Waals surface area contributed by atoms with Gasteiger partial charge in [0.1, 0.15) is 5.82 Å². The van der Waals surface area contributed by atoms with Gasteiger partial charge in [0.05, 0.1) is 18.2 Å². The van der Waals surface area contributed by atoms with Gasteiger partial charge in [-0.2, -0.15) is 0 Å². The molecule has 0 fully saturated rings. The van der Waals surface area contributed by atoms with Crippen LogP contribution in [-0.4, -0.2) is 40.6 Å². The maximum atomic E-state index is 4.31. The highest BCUT2D eigenvalue weighted by Crippen LogP contribution is 2.24. The number of aromatic nitrogens is 3. The van der Waals surface area contributed by atoms with Crippen molar-refractivity contribution in [3.05, 3.63) is 85.0 Å². The van der Waals surface area contributed by atoms with Gasteiger partial charge in [-0.3, -0.25) is 0 Å². The van der Waals surface area contributed by atoms with Crippen LogP contribution in [0.2, 0.25) is 0 Å². The Morgan fingerprint density at radius 2 is 1.80 bits per heavy atom. The van der Waals surface area contributed by atoms with Crippen LogP contribution in [-0.2, 0) is 13.6 Å². The van der Waals surface area contributed by atoms with E-state index in [1.165, 1.54) is 16.5 Å². The maximum absolute atomic E-state index is 4.31. The second-order valence-electron chi connectivity index (χ2n) is 7.45. The number of hydrogen-bond acceptors (Lipinski definition) is 4. The molecule has 0 amide bonds. The Morgan fingerprint density at radius 3 is 2.40 bits per heavy atom. The number of fused-ring (bicyclic) bond motifs is 1. The average Bonchev–Trinajstić information content (AvgIpc) is 3.19. The molecule has 0 unspecified atom stereocenters. The van der Waals surface area contributed by atoms with Crippen molar-refractivity contribution in [1.82, 2.24) is 19.4 Å². The Hall–Kier alpha value is -3.44. The zero-order valence-electron chi connectivity index (χ0n) is 18.1. The first kappa shape index (κ1) is 21.3. The van der Waals surface area contributed by atoms with E-state index in [4.69, 9.17) is 0 Å². The Bertz CT molecular complexity index is 1110. The Balaban J connectivity index is 0.000000187. The molecule has 0 atom stereocenters. The van der Waals surface area contributed by atoms with Crippen molar-refractivity contribution in [3.8, 4) is 11.3 Å². The fourth-order valence-corrected chi connectivity index (χ4v) is 3.20. The Kier molecular flexibility index (Phi) is 6.99. The van der Waals surface area contributed by atoms with E-state index < -0.39 is 0 Å². The van der Waals surface area contributed by atoms with Gasteiger partial charge in [0.25, 0.3) is 0 Å². The van der Waals surface area contributed by atoms with E-state index in [2.05, 4.69) is 89.4 Å². The molecule has 1 N–H and O–H groups in total. The van der Waals surface area contributed by atoms with Gasteiger partial charge in [0.2, 0.25) is 0 Å². The molecule has 2 aromatic heterocycles. The van der Waals surface area contributed by atoms with Crippen LogP contribution in [0.3, 0.4) is 0 Å².